The standard InChI is InChI=1S/C13H20ClNO/c1-2-4-13(16)7-8-15-10-11-5-3-6-12(14)9-11/h3,5-6,9,13,15-16H,2,4,7-8,10H2,1H3. The van der Waals surface area contributed by atoms with Crippen molar-refractivity contribution in [2.75, 3.05) is 6.54 Å². The molecule has 2 N–H and O–H groups in total. The Balaban J connectivity index is 2.16. The summed E-state index contributed by atoms with van der Waals surface area (Å²) in [5.41, 5.74) is 1.18. The van der Waals surface area contributed by atoms with Crippen molar-refractivity contribution in [2.24, 2.45) is 0 Å². The van der Waals surface area contributed by atoms with Crippen LogP contribution in [-0.2, 0) is 6.54 Å². The van der Waals surface area contributed by atoms with Gasteiger partial charge in [0.1, 0.15) is 0 Å². The van der Waals surface area contributed by atoms with Crippen LogP contribution in [0.15, 0.2) is 24.3 Å². The van der Waals surface area contributed by atoms with Gasteiger partial charge in [0.2, 0.25) is 0 Å². The van der Waals surface area contributed by atoms with Crippen LogP contribution in [0.1, 0.15) is 31.7 Å². The minimum Gasteiger partial charge on any atom is -0.393 e. The van der Waals surface area contributed by atoms with E-state index in [9.17, 15) is 5.11 Å². The zero-order valence-corrected chi connectivity index (χ0v) is 10.5. The van der Waals surface area contributed by atoms with Crippen molar-refractivity contribution in [3.8, 4) is 0 Å². The highest BCUT2D eigenvalue weighted by molar-refractivity contribution is 6.30. The lowest BCUT2D eigenvalue weighted by molar-refractivity contribution is 0.153. The normalized spacial score (nSPS) is 12.7. The quantitative estimate of drug-likeness (QED) is 0.720. The number of hydrogen-bond acceptors (Lipinski definition) is 2. The van der Waals surface area contributed by atoms with Crippen molar-refractivity contribution in [3.63, 3.8) is 0 Å². The highest BCUT2D eigenvalue weighted by atomic mass is 35.5. The Kier molecular flexibility index (Phi) is 6.46. The Bertz CT molecular complexity index is 304. The zero-order chi connectivity index (χ0) is 11.8. The molecule has 90 valence electrons. The van der Waals surface area contributed by atoms with Gasteiger partial charge < -0.3 is 10.4 Å². The number of rotatable bonds is 7. The molecular formula is C13H20ClNO. The van der Waals surface area contributed by atoms with Gasteiger partial charge in [-0.25, -0.2) is 0 Å². The fourth-order valence-corrected chi connectivity index (χ4v) is 1.84. The molecule has 1 unspecified atom stereocenters. The second-order valence-electron chi connectivity index (χ2n) is 4.04. The van der Waals surface area contributed by atoms with Gasteiger partial charge >= 0.3 is 0 Å². The molecule has 0 aliphatic carbocycles. The topological polar surface area (TPSA) is 32.3 Å². The summed E-state index contributed by atoms with van der Waals surface area (Å²) in [5.74, 6) is 0. The Hall–Kier alpha value is -0.570. The van der Waals surface area contributed by atoms with Crippen molar-refractivity contribution in [1.82, 2.24) is 5.32 Å². The third-order valence-corrected chi connectivity index (χ3v) is 2.73. The summed E-state index contributed by atoms with van der Waals surface area (Å²) in [6.45, 7) is 3.73. The van der Waals surface area contributed by atoms with Crippen LogP contribution in [0.5, 0.6) is 0 Å². The van der Waals surface area contributed by atoms with E-state index >= 15 is 0 Å². The van der Waals surface area contributed by atoms with Gasteiger partial charge in [-0.3, -0.25) is 0 Å². The number of aliphatic hydroxyl groups is 1. The lowest BCUT2D eigenvalue weighted by atomic mass is 10.1. The summed E-state index contributed by atoms with van der Waals surface area (Å²) < 4.78 is 0. The second kappa shape index (κ2) is 7.66. The third kappa shape index (κ3) is 5.50. The largest absolute Gasteiger partial charge is 0.393 e. The van der Waals surface area contributed by atoms with Gasteiger partial charge in [0.25, 0.3) is 0 Å². The maximum absolute atomic E-state index is 9.53. The predicted octanol–water partition coefficient (Wildman–Crippen LogP) is 2.98. The van der Waals surface area contributed by atoms with E-state index in [0.29, 0.717) is 0 Å². The van der Waals surface area contributed by atoms with Crippen LogP contribution in [0.4, 0.5) is 0 Å². The maximum atomic E-state index is 9.53. The van der Waals surface area contributed by atoms with Crippen LogP contribution in [0.3, 0.4) is 0 Å². The highest BCUT2D eigenvalue weighted by Crippen LogP contribution is 2.10. The van der Waals surface area contributed by atoms with Gasteiger partial charge in [-0.15, -0.1) is 0 Å². The van der Waals surface area contributed by atoms with Gasteiger partial charge in [0.05, 0.1) is 6.10 Å². The van der Waals surface area contributed by atoms with E-state index in [2.05, 4.69) is 12.2 Å². The fraction of sp³-hybridized carbons (Fsp3) is 0.538. The smallest absolute Gasteiger partial charge is 0.0552 e. The predicted molar refractivity (Wildman–Crippen MR) is 68.7 cm³/mol. The molecule has 1 aromatic carbocycles. The van der Waals surface area contributed by atoms with Gasteiger partial charge in [-0.1, -0.05) is 37.1 Å². The lowest BCUT2D eigenvalue weighted by Crippen LogP contribution is -2.20. The van der Waals surface area contributed by atoms with Crippen molar-refractivity contribution in [1.29, 1.82) is 0 Å². The van der Waals surface area contributed by atoms with Crippen LogP contribution >= 0.6 is 11.6 Å². The first-order valence-electron chi connectivity index (χ1n) is 5.85. The molecule has 3 heteroatoms. The van der Waals surface area contributed by atoms with Gasteiger partial charge in [-0.05, 0) is 37.1 Å². The molecule has 1 atom stereocenters. The molecule has 0 aliphatic rings. The molecule has 0 aromatic heterocycles. The number of nitrogens with one attached hydrogen (secondary N) is 1. The van der Waals surface area contributed by atoms with Gasteiger partial charge in [0, 0.05) is 11.6 Å². The number of hydrogen-bond donors (Lipinski definition) is 2. The first-order chi connectivity index (χ1) is 7.72. The van der Waals surface area contributed by atoms with Gasteiger partial charge in [0.15, 0.2) is 0 Å². The molecule has 16 heavy (non-hydrogen) atoms. The van der Waals surface area contributed by atoms with E-state index in [-0.39, 0.29) is 6.10 Å². The monoisotopic (exact) mass is 241 g/mol. The van der Waals surface area contributed by atoms with Gasteiger partial charge in [-0.2, -0.15) is 0 Å². The zero-order valence-electron chi connectivity index (χ0n) is 9.75. The second-order valence-corrected chi connectivity index (χ2v) is 4.47. The van der Waals surface area contributed by atoms with Crippen molar-refractivity contribution in [3.05, 3.63) is 34.9 Å². The van der Waals surface area contributed by atoms with E-state index in [0.717, 1.165) is 37.4 Å². The van der Waals surface area contributed by atoms with E-state index in [4.69, 9.17) is 11.6 Å². The van der Waals surface area contributed by atoms with E-state index < -0.39 is 0 Å². The van der Waals surface area contributed by atoms with E-state index in [1.165, 1.54) is 5.56 Å². The summed E-state index contributed by atoms with van der Waals surface area (Å²) in [6.07, 6.45) is 2.57. The summed E-state index contributed by atoms with van der Waals surface area (Å²) in [6, 6.07) is 7.82. The number of aliphatic hydroxyl groups excluding tert-OH is 1. The molecule has 0 radical (unpaired) electrons. The summed E-state index contributed by atoms with van der Waals surface area (Å²) in [4.78, 5) is 0. The molecule has 0 spiro atoms. The fourth-order valence-electron chi connectivity index (χ4n) is 1.63. The summed E-state index contributed by atoms with van der Waals surface area (Å²) in [5, 5.41) is 13.6. The molecule has 0 saturated carbocycles. The molecule has 1 rings (SSSR count). The first-order valence-corrected chi connectivity index (χ1v) is 6.23. The van der Waals surface area contributed by atoms with Crippen LogP contribution in [-0.4, -0.2) is 17.8 Å². The number of halogens is 1. The lowest BCUT2D eigenvalue weighted by Gasteiger charge is -2.10. The molecule has 0 bridgehead atoms. The minimum atomic E-state index is -0.170. The molecule has 0 saturated heterocycles. The highest BCUT2D eigenvalue weighted by Gasteiger charge is 2.01. The number of benzene rings is 1. The molecule has 0 fully saturated rings. The Morgan fingerprint density at radius 3 is 2.88 bits per heavy atom. The molecular weight excluding hydrogens is 222 g/mol. The van der Waals surface area contributed by atoms with Crippen LogP contribution < -0.4 is 5.32 Å². The first kappa shape index (κ1) is 13.5. The molecule has 1 aromatic rings. The van der Waals surface area contributed by atoms with E-state index in [1.807, 2.05) is 24.3 Å². The average Bonchev–Trinajstić information content (AvgIpc) is 2.25. The molecule has 2 nitrogen and oxygen atoms in total. The van der Waals surface area contributed by atoms with Crippen LogP contribution in [0, 0.1) is 0 Å². The minimum absolute atomic E-state index is 0.170. The van der Waals surface area contributed by atoms with Crippen molar-refractivity contribution >= 4 is 11.6 Å². The summed E-state index contributed by atoms with van der Waals surface area (Å²) >= 11 is 5.88. The average molecular weight is 242 g/mol. The Morgan fingerprint density at radius 1 is 1.38 bits per heavy atom. The van der Waals surface area contributed by atoms with Crippen LogP contribution in [0.2, 0.25) is 5.02 Å². The molecule has 0 heterocycles. The Labute approximate surface area is 103 Å². The SMILES string of the molecule is CCCC(O)CCNCc1cccc(Cl)c1. The summed E-state index contributed by atoms with van der Waals surface area (Å²) in [7, 11) is 0. The Morgan fingerprint density at radius 2 is 2.19 bits per heavy atom. The van der Waals surface area contributed by atoms with Crippen molar-refractivity contribution in [2.45, 2.75) is 38.8 Å². The molecule has 0 aliphatic heterocycles. The van der Waals surface area contributed by atoms with Crippen LogP contribution in [0.25, 0.3) is 0 Å². The third-order valence-electron chi connectivity index (χ3n) is 2.49. The van der Waals surface area contributed by atoms with E-state index in [1.54, 1.807) is 0 Å². The maximum Gasteiger partial charge on any atom is 0.0552 e. The van der Waals surface area contributed by atoms with Crippen molar-refractivity contribution < 1.29 is 5.11 Å². The molecule has 0 amide bonds.